The summed E-state index contributed by atoms with van der Waals surface area (Å²) in [5.74, 6) is -5.29. The Kier molecular flexibility index (Phi) is 4.75. The van der Waals surface area contributed by atoms with Gasteiger partial charge < -0.3 is 14.7 Å². The summed E-state index contributed by atoms with van der Waals surface area (Å²) >= 11 is 0. The van der Waals surface area contributed by atoms with Gasteiger partial charge >= 0.3 is 11.9 Å². The van der Waals surface area contributed by atoms with E-state index in [-0.39, 0.29) is 0 Å². The summed E-state index contributed by atoms with van der Waals surface area (Å²) in [5.41, 5.74) is 2.24. The Labute approximate surface area is 151 Å². The molecule has 3 atom stereocenters. The second-order valence-corrected chi connectivity index (χ2v) is 6.26. The molecular formula is C20H19NO5. The van der Waals surface area contributed by atoms with Gasteiger partial charge in [0.05, 0.1) is 13.2 Å². The van der Waals surface area contributed by atoms with Crippen LogP contribution in [0.2, 0.25) is 0 Å². The quantitative estimate of drug-likeness (QED) is 0.675. The first-order valence-electron chi connectivity index (χ1n) is 8.21. The van der Waals surface area contributed by atoms with E-state index >= 15 is 0 Å². The van der Waals surface area contributed by atoms with Crippen molar-refractivity contribution in [3.8, 4) is 0 Å². The molecule has 2 aromatic rings. The number of ether oxygens (including phenoxy) is 1. The summed E-state index contributed by atoms with van der Waals surface area (Å²) in [5, 5.41) is 9.62. The largest absolute Gasteiger partial charge is 0.481 e. The van der Waals surface area contributed by atoms with E-state index in [1.807, 2.05) is 25.1 Å². The van der Waals surface area contributed by atoms with Crippen LogP contribution in [0.5, 0.6) is 0 Å². The molecular weight excluding hydrogens is 334 g/mol. The van der Waals surface area contributed by atoms with E-state index in [4.69, 9.17) is 4.74 Å². The summed E-state index contributed by atoms with van der Waals surface area (Å²) in [7, 11) is 1.20. The van der Waals surface area contributed by atoms with Gasteiger partial charge in [0, 0.05) is 5.69 Å². The van der Waals surface area contributed by atoms with E-state index < -0.39 is 35.7 Å². The van der Waals surface area contributed by atoms with Gasteiger partial charge in [-0.1, -0.05) is 48.0 Å². The van der Waals surface area contributed by atoms with Crippen LogP contribution in [-0.2, 0) is 19.1 Å². The molecule has 1 heterocycles. The van der Waals surface area contributed by atoms with Gasteiger partial charge in [0.1, 0.15) is 5.92 Å². The maximum Gasteiger partial charge on any atom is 0.317 e. The van der Waals surface area contributed by atoms with Gasteiger partial charge in [0.25, 0.3) is 0 Å². The normalized spacial score (nSPS) is 22.3. The molecule has 134 valence electrons. The lowest BCUT2D eigenvalue weighted by atomic mass is 9.86. The van der Waals surface area contributed by atoms with Crippen molar-refractivity contribution in [3.05, 3.63) is 65.7 Å². The van der Waals surface area contributed by atoms with Crippen LogP contribution in [0.15, 0.2) is 54.6 Å². The van der Waals surface area contributed by atoms with Crippen LogP contribution in [0.1, 0.15) is 17.2 Å². The number of nitrogens with zero attached hydrogens (tertiary/aromatic N) is 1. The molecule has 26 heavy (non-hydrogen) atoms. The second-order valence-electron chi connectivity index (χ2n) is 6.26. The highest BCUT2D eigenvalue weighted by atomic mass is 16.5. The first kappa shape index (κ1) is 17.7. The molecule has 1 N–H and O–H groups in total. The molecule has 1 aliphatic rings. The van der Waals surface area contributed by atoms with Crippen molar-refractivity contribution in [2.24, 2.45) is 11.8 Å². The highest BCUT2D eigenvalue weighted by molar-refractivity contribution is 6.12. The standard InChI is InChI=1S/C20H19NO5/c1-12-8-10-14(11-9-12)21-17(13-6-4-3-5-7-13)15(20(25)26-2)16(18(21)22)19(23)24/h3-11,15-17H,1-2H3,(H,23,24)/t15-,16-,17+/m0/s1. The van der Waals surface area contributed by atoms with Crippen molar-refractivity contribution in [1.82, 2.24) is 0 Å². The Balaban J connectivity index is 2.19. The smallest absolute Gasteiger partial charge is 0.317 e. The zero-order valence-electron chi connectivity index (χ0n) is 14.5. The molecule has 0 radical (unpaired) electrons. The molecule has 6 heteroatoms. The van der Waals surface area contributed by atoms with Crippen molar-refractivity contribution in [1.29, 1.82) is 0 Å². The van der Waals surface area contributed by atoms with E-state index in [0.717, 1.165) is 5.56 Å². The van der Waals surface area contributed by atoms with Gasteiger partial charge in [0.15, 0.2) is 5.92 Å². The number of anilines is 1. The number of carbonyl (C=O) groups is 3. The summed E-state index contributed by atoms with van der Waals surface area (Å²) in [6.07, 6.45) is 0. The predicted octanol–water partition coefficient (Wildman–Crippen LogP) is 2.57. The number of aliphatic carboxylic acids is 1. The van der Waals surface area contributed by atoms with Gasteiger partial charge in [-0.25, -0.2) is 0 Å². The molecule has 0 spiro atoms. The highest BCUT2D eigenvalue weighted by Crippen LogP contribution is 2.45. The van der Waals surface area contributed by atoms with Crippen LogP contribution in [0.25, 0.3) is 0 Å². The van der Waals surface area contributed by atoms with Crippen LogP contribution >= 0.6 is 0 Å². The molecule has 0 unspecified atom stereocenters. The Hall–Kier alpha value is -3.15. The fourth-order valence-electron chi connectivity index (χ4n) is 3.44. The van der Waals surface area contributed by atoms with Crippen LogP contribution in [0, 0.1) is 18.8 Å². The fourth-order valence-corrected chi connectivity index (χ4v) is 3.44. The molecule has 6 nitrogen and oxygen atoms in total. The molecule has 0 bridgehead atoms. The third kappa shape index (κ3) is 2.94. The minimum absolute atomic E-state index is 0.548. The van der Waals surface area contributed by atoms with Crippen LogP contribution in [-0.4, -0.2) is 30.1 Å². The third-order valence-corrected chi connectivity index (χ3v) is 4.67. The fraction of sp³-hybridized carbons (Fsp3) is 0.250. The first-order chi connectivity index (χ1) is 12.5. The lowest BCUT2D eigenvalue weighted by Crippen LogP contribution is -2.32. The minimum atomic E-state index is -1.49. The van der Waals surface area contributed by atoms with Gasteiger partial charge in [-0.05, 0) is 24.6 Å². The number of amides is 1. The average molecular weight is 353 g/mol. The number of methoxy groups -OCH3 is 1. The maximum atomic E-state index is 13.0. The number of aryl methyl sites for hydroxylation is 1. The number of carbonyl (C=O) groups excluding carboxylic acids is 2. The number of rotatable bonds is 4. The first-order valence-corrected chi connectivity index (χ1v) is 8.21. The van der Waals surface area contributed by atoms with Gasteiger partial charge in [-0.2, -0.15) is 0 Å². The predicted molar refractivity (Wildman–Crippen MR) is 94.5 cm³/mol. The molecule has 3 rings (SSSR count). The lowest BCUT2D eigenvalue weighted by molar-refractivity contribution is -0.156. The van der Waals surface area contributed by atoms with Crippen LogP contribution in [0.3, 0.4) is 0 Å². The molecule has 2 aromatic carbocycles. The van der Waals surface area contributed by atoms with E-state index in [9.17, 15) is 19.5 Å². The molecule has 0 aromatic heterocycles. The van der Waals surface area contributed by atoms with Gasteiger partial charge in [-0.15, -0.1) is 0 Å². The topological polar surface area (TPSA) is 83.9 Å². The summed E-state index contributed by atoms with van der Waals surface area (Å²) in [4.78, 5) is 38.6. The Morgan fingerprint density at radius 3 is 2.19 bits per heavy atom. The van der Waals surface area contributed by atoms with E-state index in [1.54, 1.807) is 36.4 Å². The molecule has 0 aliphatic carbocycles. The number of esters is 1. The number of benzene rings is 2. The second kappa shape index (κ2) is 7.00. The Morgan fingerprint density at radius 2 is 1.65 bits per heavy atom. The summed E-state index contributed by atoms with van der Waals surface area (Å²) in [6, 6.07) is 15.4. The summed E-state index contributed by atoms with van der Waals surface area (Å²) < 4.78 is 4.84. The van der Waals surface area contributed by atoms with Crippen molar-refractivity contribution in [3.63, 3.8) is 0 Å². The number of carboxylic acid groups (broad SMARTS) is 1. The van der Waals surface area contributed by atoms with Gasteiger partial charge in [-0.3, -0.25) is 14.4 Å². The van der Waals surface area contributed by atoms with Crippen molar-refractivity contribution >= 4 is 23.5 Å². The Morgan fingerprint density at radius 1 is 1.04 bits per heavy atom. The highest BCUT2D eigenvalue weighted by Gasteiger charge is 2.56. The maximum absolute atomic E-state index is 13.0. The van der Waals surface area contributed by atoms with Gasteiger partial charge in [0.2, 0.25) is 5.91 Å². The van der Waals surface area contributed by atoms with E-state index in [0.29, 0.717) is 11.3 Å². The molecule has 0 saturated carbocycles. The molecule has 1 amide bonds. The van der Waals surface area contributed by atoms with Crippen molar-refractivity contribution in [2.45, 2.75) is 13.0 Å². The third-order valence-electron chi connectivity index (χ3n) is 4.67. The number of hydrogen-bond acceptors (Lipinski definition) is 4. The van der Waals surface area contributed by atoms with E-state index in [2.05, 4.69) is 0 Å². The van der Waals surface area contributed by atoms with Crippen LogP contribution in [0.4, 0.5) is 5.69 Å². The lowest BCUT2D eigenvalue weighted by Gasteiger charge is -2.27. The molecule has 1 aliphatic heterocycles. The molecule has 1 saturated heterocycles. The van der Waals surface area contributed by atoms with Crippen molar-refractivity contribution < 1.29 is 24.2 Å². The SMILES string of the molecule is COC(=O)[C@H]1[C@H](C(=O)O)C(=O)N(c2ccc(C)cc2)[C@@H]1c1ccccc1. The molecule has 1 fully saturated rings. The number of hydrogen-bond donors (Lipinski definition) is 1. The average Bonchev–Trinajstić information content (AvgIpc) is 2.95. The van der Waals surface area contributed by atoms with Crippen LogP contribution < -0.4 is 4.90 Å². The zero-order chi connectivity index (χ0) is 18.8. The van der Waals surface area contributed by atoms with E-state index in [1.165, 1.54) is 12.0 Å². The monoisotopic (exact) mass is 353 g/mol. The summed E-state index contributed by atoms with van der Waals surface area (Å²) in [6.45, 7) is 1.92. The number of carboxylic acids is 1. The minimum Gasteiger partial charge on any atom is -0.481 e. The zero-order valence-corrected chi connectivity index (χ0v) is 14.5. The van der Waals surface area contributed by atoms with Crippen molar-refractivity contribution in [2.75, 3.05) is 12.0 Å². The Bertz CT molecular complexity index is 831.